The Hall–Kier alpha value is -0.0300. The van der Waals surface area contributed by atoms with Crippen LogP contribution in [0.3, 0.4) is 0 Å². The molecule has 0 spiro atoms. The highest BCUT2D eigenvalue weighted by Crippen LogP contribution is 2.18. The van der Waals surface area contributed by atoms with E-state index in [1.807, 2.05) is 11.8 Å². The molecule has 1 heterocycles. The summed E-state index contributed by atoms with van der Waals surface area (Å²) in [7, 11) is -0.680. The van der Waals surface area contributed by atoms with Crippen LogP contribution in [0.2, 0.25) is 0 Å². The zero-order valence-corrected chi connectivity index (χ0v) is 12.0. The molecule has 0 saturated carbocycles. The zero-order valence-electron chi connectivity index (χ0n) is 10.4. The maximum atomic E-state index is 10.9. The van der Waals surface area contributed by atoms with Crippen LogP contribution in [0.5, 0.6) is 0 Å². The second-order valence-corrected chi connectivity index (χ2v) is 7.16. The van der Waals surface area contributed by atoms with Crippen LogP contribution in [0.1, 0.15) is 26.7 Å². The third kappa shape index (κ3) is 5.89. The molecule has 0 aromatic carbocycles. The highest BCUT2D eigenvalue weighted by Gasteiger charge is 2.20. The van der Waals surface area contributed by atoms with Crippen molar-refractivity contribution in [3.8, 4) is 0 Å². The minimum absolute atomic E-state index is 0.587. The molecule has 1 saturated heterocycles. The lowest BCUT2D eigenvalue weighted by atomic mass is 10.1. The van der Waals surface area contributed by atoms with E-state index in [0.29, 0.717) is 6.04 Å². The van der Waals surface area contributed by atoms with E-state index in [1.165, 1.54) is 6.42 Å². The Bertz CT molecular complexity index is 267. The van der Waals surface area contributed by atoms with E-state index in [0.717, 1.165) is 35.6 Å². The average molecular weight is 262 g/mol. The molecule has 1 aliphatic rings. The van der Waals surface area contributed by atoms with E-state index in [-0.39, 0.29) is 0 Å². The number of nitrogens with zero attached hydrogens (tertiary/aromatic N) is 1. The highest BCUT2D eigenvalue weighted by molar-refractivity contribution is 8.14. The molecule has 3 nitrogen and oxygen atoms in total. The van der Waals surface area contributed by atoms with E-state index in [4.69, 9.17) is 0 Å². The van der Waals surface area contributed by atoms with Gasteiger partial charge in [-0.1, -0.05) is 25.6 Å². The normalized spacial score (nSPS) is 25.0. The first-order chi connectivity index (χ1) is 7.58. The molecule has 94 valence electrons. The largest absolute Gasteiger partial charge is 0.361 e. The van der Waals surface area contributed by atoms with Gasteiger partial charge >= 0.3 is 0 Å². The maximum Gasteiger partial charge on any atom is 0.156 e. The minimum atomic E-state index is -0.680. The fourth-order valence-corrected chi connectivity index (χ4v) is 3.22. The van der Waals surface area contributed by atoms with Crippen LogP contribution in [0.25, 0.3) is 0 Å². The van der Waals surface area contributed by atoms with Gasteiger partial charge in [0.2, 0.25) is 0 Å². The molecule has 1 fully saturated rings. The smallest absolute Gasteiger partial charge is 0.156 e. The summed E-state index contributed by atoms with van der Waals surface area (Å²) < 4.78 is 10.9. The standard InChI is InChI=1S/C11H22N2OS2/c1-9(2)7-10-8-15-11(13-10)12-5-4-6-16(3)14/h9-10H,4-8H2,1-3H3,(H,12,13). The molecular weight excluding hydrogens is 240 g/mol. The topological polar surface area (TPSA) is 41.5 Å². The van der Waals surface area contributed by atoms with E-state index in [2.05, 4.69) is 24.2 Å². The van der Waals surface area contributed by atoms with Gasteiger partial charge in [-0.05, 0) is 18.8 Å². The van der Waals surface area contributed by atoms with Gasteiger partial charge < -0.3 is 5.32 Å². The third-order valence-electron chi connectivity index (χ3n) is 2.35. The summed E-state index contributed by atoms with van der Waals surface area (Å²) in [5.41, 5.74) is 0. The fraction of sp³-hybridized carbons (Fsp3) is 0.909. The Morgan fingerprint density at radius 2 is 2.38 bits per heavy atom. The van der Waals surface area contributed by atoms with Gasteiger partial charge in [0.05, 0.1) is 0 Å². The first-order valence-corrected chi connectivity index (χ1v) is 8.53. The maximum absolute atomic E-state index is 10.9. The lowest BCUT2D eigenvalue weighted by Crippen LogP contribution is -2.28. The van der Waals surface area contributed by atoms with Gasteiger partial charge in [-0.3, -0.25) is 9.20 Å². The Balaban J connectivity index is 2.19. The Morgan fingerprint density at radius 1 is 1.62 bits per heavy atom. The molecule has 0 amide bonds. The number of hydrogen-bond donors (Lipinski definition) is 1. The number of thioether (sulfide) groups is 1. The lowest BCUT2D eigenvalue weighted by molar-refractivity contribution is 0.502. The molecular formula is C11H22N2OS2. The van der Waals surface area contributed by atoms with Crippen molar-refractivity contribution in [1.82, 2.24) is 5.32 Å². The first-order valence-electron chi connectivity index (χ1n) is 5.81. The van der Waals surface area contributed by atoms with Gasteiger partial charge in [0.25, 0.3) is 0 Å². The Morgan fingerprint density at radius 3 is 3.00 bits per heavy atom. The van der Waals surface area contributed by atoms with Crippen molar-refractivity contribution in [2.24, 2.45) is 10.9 Å². The summed E-state index contributed by atoms with van der Waals surface area (Å²) in [6.45, 7) is 5.29. The first kappa shape index (κ1) is 14.0. The molecule has 5 heteroatoms. The van der Waals surface area contributed by atoms with Gasteiger partial charge in [0.15, 0.2) is 5.17 Å². The second-order valence-electron chi connectivity index (χ2n) is 4.60. The van der Waals surface area contributed by atoms with Crippen LogP contribution in [-0.2, 0) is 10.8 Å². The predicted octanol–water partition coefficient (Wildman–Crippen LogP) is 1.86. The van der Waals surface area contributed by atoms with Crippen LogP contribution < -0.4 is 5.32 Å². The minimum Gasteiger partial charge on any atom is -0.361 e. The zero-order chi connectivity index (χ0) is 12.0. The number of aliphatic imine (C=N–C) groups is 1. The summed E-state index contributed by atoms with van der Waals surface area (Å²) in [5, 5.41) is 4.52. The lowest BCUT2D eigenvalue weighted by Gasteiger charge is -2.11. The van der Waals surface area contributed by atoms with Crippen molar-refractivity contribution in [3.63, 3.8) is 0 Å². The molecule has 1 rings (SSSR count). The van der Waals surface area contributed by atoms with Crippen molar-refractivity contribution in [3.05, 3.63) is 0 Å². The Labute approximate surface area is 105 Å². The van der Waals surface area contributed by atoms with Gasteiger partial charge in [-0.2, -0.15) is 0 Å². The monoisotopic (exact) mass is 262 g/mol. The Kier molecular flexibility index (Phi) is 6.43. The third-order valence-corrected chi connectivity index (χ3v) is 4.30. The number of hydrogen-bond acceptors (Lipinski definition) is 3. The van der Waals surface area contributed by atoms with Crippen molar-refractivity contribution < 1.29 is 4.21 Å². The number of nitrogens with one attached hydrogen (secondary N) is 1. The van der Waals surface area contributed by atoms with Gasteiger partial charge in [-0.25, -0.2) is 0 Å². The molecule has 0 bridgehead atoms. The van der Waals surface area contributed by atoms with Crippen LogP contribution >= 0.6 is 11.8 Å². The summed E-state index contributed by atoms with van der Waals surface area (Å²) in [6, 6.07) is 0.587. The van der Waals surface area contributed by atoms with E-state index in [9.17, 15) is 4.21 Å². The molecule has 2 unspecified atom stereocenters. The SMILES string of the molecule is CC(C)CC1CSC(=NCCCS(C)=O)N1. The fourth-order valence-electron chi connectivity index (χ4n) is 1.67. The van der Waals surface area contributed by atoms with E-state index in [1.54, 1.807) is 6.26 Å². The molecule has 0 aliphatic carbocycles. The van der Waals surface area contributed by atoms with Crippen molar-refractivity contribution in [2.45, 2.75) is 32.7 Å². The van der Waals surface area contributed by atoms with Crippen molar-refractivity contribution in [1.29, 1.82) is 0 Å². The number of rotatable bonds is 6. The summed E-state index contributed by atoms with van der Waals surface area (Å²) in [5.74, 6) is 2.63. The van der Waals surface area contributed by atoms with Crippen LogP contribution in [-0.4, -0.2) is 39.7 Å². The molecule has 16 heavy (non-hydrogen) atoms. The van der Waals surface area contributed by atoms with E-state index >= 15 is 0 Å². The highest BCUT2D eigenvalue weighted by atomic mass is 32.2. The van der Waals surface area contributed by atoms with Crippen LogP contribution in [0.4, 0.5) is 0 Å². The summed E-state index contributed by atoms with van der Waals surface area (Å²) in [6.07, 6.45) is 3.88. The molecule has 1 N–H and O–H groups in total. The van der Waals surface area contributed by atoms with Gasteiger partial charge in [0, 0.05) is 41.1 Å². The molecule has 0 aromatic heterocycles. The number of amidine groups is 1. The summed E-state index contributed by atoms with van der Waals surface area (Å²) in [4.78, 5) is 4.49. The van der Waals surface area contributed by atoms with Crippen molar-refractivity contribution >= 4 is 27.7 Å². The van der Waals surface area contributed by atoms with Gasteiger partial charge in [0.1, 0.15) is 0 Å². The van der Waals surface area contributed by atoms with Crippen molar-refractivity contribution in [2.75, 3.05) is 24.3 Å². The molecule has 0 radical (unpaired) electrons. The molecule has 1 aliphatic heterocycles. The summed E-state index contributed by atoms with van der Waals surface area (Å²) >= 11 is 1.81. The van der Waals surface area contributed by atoms with E-state index < -0.39 is 10.8 Å². The van der Waals surface area contributed by atoms with Crippen LogP contribution in [0, 0.1) is 5.92 Å². The van der Waals surface area contributed by atoms with Crippen LogP contribution in [0.15, 0.2) is 4.99 Å². The average Bonchev–Trinajstić information content (AvgIpc) is 2.59. The molecule has 2 atom stereocenters. The second kappa shape index (κ2) is 7.33. The predicted molar refractivity (Wildman–Crippen MR) is 74.7 cm³/mol. The quantitative estimate of drug-likeness (QED) is 0.743. The van der Waals surface area contributed by atoms with Gasteiger partial charge in [-0.15, -0.1) is 0 Å². The molecule has 0 aromatic rings.